The Bertz CT molecular complexity index is 147. The van der Waals surface area contributed by atoms with Crippen LogP contribution < -0.4 is 5.32 Å². The molecule has 1 spiro atoms. The van der Waals surface area contributed by atoms with Crippen LogP contribution in [0.4, 0.5) is 0 Å². The molecule has 1 saturated carbocycles. The largest absolute Gasteiger partial charge is 0.298 e. The van der Waals surface area contributed by atoms with Crippen molar-refractivity contribution < 1.29 is 4.79 Å². The lowest BCUT2D eigenvalue weighted by molar-refractivity contribution is -0.131. The molecule has 0 radical (unpaired) electrons. The number of carbonyl (C=O) groups excluding carboxylic acids is 1. The van der Waals surface area contributed by atoms with Crippen molar-refractivity contribution in [3.8, 4) is 0 Å². The monoisotopic (exact) mass is 125 g/mol. The van der Waals surface area contributed by atoms with E-state index in [-0.39, 0.29) is 5.54 Å². The summed E-state index contributed by atoms with van der Waals surface area (Å²) in [7, 11) is 0. The van der Waals surface area contributed by atoms with E-state index in [1.165, 1.54) is 12.8 Å². The molecule has 0 bridgehead atoms. The number of hydrogen-bond acceptors (Lipinski definition) is 2. The maximum atomic E-state index is 11.0. The van der Waals surface area contributed by atoms with E-state index in [2.05, 4.69) is 5.32 Å². The minimum atomic E-state index is -0.0139. The summed E-state index contributed by atoms with van der Waals surface area (Å²) in [5.74, 6) is 0.444. The van der Waals surface area contributed by atoms with Crippen LogP contribution in [0.2, 0.25) is 0 Å². The average Bonchev–Trinajstić information content (AvgIpc) is 2.34. The Morgan fingerprint density at radius 3 is 2.22 bits per heavy atom. The van der Waals surface area contributed by atoms with Gasteiger partial charge in [-0.05, 0) is 12.8 Å². The third-order valence-corrected chi connectivity index (χ3v) is 2.58. The zero-order valence-electron chi connectivity index (χ0n) is 5.44. The SMILES string of the molecule is O=C1CNC12CCCC2. The molecule has 2 fully saturated rings. The number of ketones is 1. The Hall–Kier alpha value is -0.370. The lowest BCUT2D eigenvalue weighted by atomic mass is 9.85. The number of nitrogens with one attached hydrogen (secondary N) is 1. The highest BCUT2D eigenvalue weighted by atomic mass is 16.1. The van der Waals surface area contributed by atoms with Crippen molar-refractivity contribution in [3.63, 3.8) is 0 Å². The molecule has 1 heterocycles. The number of Topliss-reactive ketones (excluding diaryl/α,β-unsaturated/α-hetero) is 1. The van der Waals surface area contributed by atoms with Gasteiger partial charge in [0.05, 0.1) is 12.1 Å². The van der Waals surface area contributed by atoms with E-state index in [1.54, 1.807) is 0 Å². The molecule has 0 amide bonds. The molecule has 1 N–H and O–H groups in total. The Morgan fingerprint density at radius 1 is 1.33 bits per heavy atom. The first kappa shape index (κ1) is 5.42. The molecular weight excluding hydrogens is 114 g/mol. The van der Waals surface area contributed by atoms with Crippen LogP contribution >= 0.6 is 0 Å². The van der Waals surface area contributed by atoms with Crippen molar-refractivity contribution in [2.75, 3.05) is 6.54 Å². The summed E-state index contributed by atoms with van der Waals surface area (Å²) in [6, 6.07) is 0. The molecule has 2 rings (SSSR count). The summed E-state index contributed by atoms with van der Waals surface area (Å²) >= 11 is 0. The van der Waals surface area contributed by atoms with Gasteiger partial charge >= 0.3 is 0 Å². The average molecular weight is 125 g/mol. The fraction of sp³-hybridized carbons (Fsp3) is 0.857. The molecule has 0 aromatic heterocycles. The lowest BCUT2D eigenvalue weighted by Crippen LogP contribution is -2.64. The Balaban J connectivity index is 2.14. The predicted molar refractivity (Wildman–Crippen MR) is 34.2 cm³/mol. The standard InChI is InChI=1S/C7H11NO/c9-6-5-8-7(6)3-1-2-4-7/h8H,1-5H2. The minimum Gasteiger partial charge on any atom is -0.298 e. The summed E-state index contributed by atoms with van der Waals surface area (Å²) in [5.41, 5.74) is -0.0139. The molecule has 2 nitrogen and oxygen atoms in total. The highest BCUT2D eigenvalue weighted by Gasteiger charge is 2.46. The second-order valence-corrected chi connectivity index (χ2v) is 3.07. The molecule has 0 unspecified atom stereocenters. The predicted octanol–water partition coefficient (Wildman–Crippen LogP) is 0.472. The molecule has 1 aliphatic carbocycles. The summed E-state index contributed by atoms with van der Waals surface area (Å²) < 4.78 is 0. The normalized spacial score (nSPS) is 30.9. The summed E-state index contributed by atoms with van der Waals surface area (Å²) in [4.78, 5) is 11.0. The second-order valence-electron chi connectivity index (χ2n) is 3.07. The van der Waals surface area contributed by atoms with Crippen molar-refractivity contribution >= 4 is 5.78 Å². The van der Waals surface area contributed by atoms with Gasteiger partial charge in [-0.3, -0.25) is 10.1 Å². The molecule has 50 valence electrons. The van der Waals surface area contributed by atoms with E-state index in [0.29, 0.717) is 12.3 Å². The lowest BCUT2D eigenvalue weighted by Gasteiger charge is -2.37. The van der Waals surface area contributed by atoms with Gasteiger partial charge in [-0.25, -0.2) is 0 Å². The minimum absolute atomic E-state index is 0.0139. The van der Waals surface area contributed by atoms with Gasteiger partial charge in [-0.1, -0.05) is 12.8 Å². The number of rotatable bonds is 0. The zero-order chi connectivity index (χ0) is 6.32. The Kier molecular flexibility index (Phi) is 0.943. The van der Waals surface area contributed by atoms with Gasteiger partial charge in [0.25, 0.3) is 0 Å². The maximum Gasteiger partial charge on any atom is 0.166 e. The fourth-order valence-electron chi connectivity index (χ4n) is 1.84. The van der Waals surface area contributed by atoms with Crippen LogP contribution in [0.5, 0.6) is 0 Å². The third-order valence-electron chi connectivity index (χ3n) is 2.58. The first-order valence-electron chi connectivity index (χ1n) is 3.62. The van der Waals surface area contributed by atoms with Gasteiger partial charge < -0.3 is 0 Å². The van der Waals surface area contributed by atoms with E-state index < -0.39 is 0 Å². The topological polar surface area (TPSA) is 29.1 Å². The molecule has 2 aliphatic rings. The van der Waals surface area contributed by atoms with Crippen molar-refractivity contribution in [2.45, 2.75) is 31.2 Å². The van der Waals surface area contributed by atoms with Crippen LogP contribution in [0.3, 0.4) is 0 Å². The summed E-state index contributed by atoms with van der Waals surface area (Å²) in [6.07, 6.45) is 4.65. The zero-order valence-corrected chi connectivity index (χ0v) is 5.44. The van der Waals surface area contributed by atoms with Crippen molar-refractivity contribution in [2.24, 2.45) is 0 Å². The van der Waals surface area contributed by atoms with Crippen LogP contribution in [0, 0.1) is 0 Å². The summed E-state index contributed by atoms with van der Waals surface area (Å²) in [5, 5.41) is 3.22. The fourth-order valence-corrected chi connectivity index (χ4v) is 1.84. The maximum absolute atomic E-state index is 11.0. The molecular formula is C7H11NO. The van der Waals surface area contributed by atoms with Crippen LogP contribution in [0.25, 0.3) is 0 Å². The first-order chi connectivity index (χ1) is 4.33. The second kappa shape index (κ2) is 1.57. The van der Waals surface area contributed by atoms with Gasteiger partial charge in [0.15, 0.2) is 5.78 Å². The third kappa shape index (κ3) is 0.568. The van der Waals surface area contributed by atoms with Crippen LogP contribution in [0.1, 0.15) is 25.7 Å². The van der Waals surface area contributed by atoms with Gasteiger partial charge in [0.1, 0.15) is 0 Å². The molecule has 1 saturated heterocycles. The van der Waals surface area contributed by atoms with E-state index in [0.717, 1.165) is 12.8 Å². The molecule has 1 aliphatic heterocycles. The van der Waals surface area contributed by atoms with Gasteiger partial charge in [0.2, 0.25) is 0 Å². The molecule has 2 heteroatoms. The molecule has 0 aromatic rings. The smallest absolute Gasteiger partial charge is 0.166 e. The van der Waals surface area contributed by atoms with Crippen LogP contribution in [-0.2, 0) is 4.79 Å². The summed E-state index contributed by atoms with van der Waals surface area (Å²) in [6.45, 7) is 0.625. The van der Waals surface area contributed by atoms with Gasteiger partial charge in [-0.15, -0.1) is 0 Å². The Morgan fingerprint density at radius 2 is 2.00 bits per heavy atom. The number of hydrogen-bond donors (Lipinski definition) is 1. The van der Waals surface area contributed by atoms with E-state index in [9.17, 15) is 4.79 Å². The molecule has 0 aromatic carbocycles. The van der Waals surface area contributed by atoms with E-state index in [4.69, 9.17) is 0 Å². The van der Waals surface area contributed by atoms with Crippen molar-refractivity contribution in [1.29, 1.82) is 0 Å². The van der Waals surface area contributed by atoms with Crippen molar-refractivity contribution in [1.82, 2.24) is 5.32 Å². The number of carbonyl (C=O) groups is 1. The Labute approximate surface area is 54.6 Å². The van der Waals surface area contributed by atoms with E-state index in [1.807, 2.05) is 0 Å². The van der Waals surface area contributed by atoms with Gasteiger partial charge in [0, 0.05) is 0 Å². The van der Waals surface area contributed by atoms with Crippen LogP contribution in [-0.4, -0.2) is 17.9 Å². The highest BCUT2D eigenvalue weighted by Crippen LogP contribution is 2.34. The quantitative estimate of drug-likeness (QED) is 0.510. The highest BCUT2D eigenvalue weighted by molar-refractivity contribution is 5.96. The van der Waals surface area contributed by atoms with E-state index >= 15 is 0 Å². The van der Waals surface area contributed by atoms with Gasteiger partial charge in [-0.2, -0.15) is 0 Å². The van der Waals surface area contributed by atoms with Crippen LogP contribution in [0.15, 0.2) is 0 Å². The molecule has 0 atom stereocenters. The first-order valence-corrected chi connectivity index (χ1v) is 3.62. The van der Waals surface area contributed by atoms with Crippen molar-refractivity contribution in [3.05, 3.63) is 0 Å². The molecule has 9 heavy (non-hydrogen) atoms.